The van der Waals surface area contributed by atoms with Crippen LogP contribution in [0, 0.1) is 6.57 Å². The minimum atomic E-state index is -4.33. The number of halogens is 2. The Balaban J connectivity index is 1.62. The van der Waals surface area contributed by atoms with Crippen LogP contribution in [0.5, 0.6) is 0 Å². The number of anilines is 1. The van der Waals surface area contributed by atoms with Crippen LogP contribution < -0.4 is 4.90 Å². The van der Waals surface area contributed by atoms with Crippen LogP contribution in [0.3, 0.4) is 0 Å². The fraction of sp³-hybridized carbons (Fsp3) is 0.615. The zero-order valence-corrected chi connectivity index (χ0v) is 29.1. The number of aromatic nitrogens is 4. The fourth-order valence-electron chi connectivity index (χ4n) is 5.19. The second-order valence-corrected chi connectivity index (χ2v) is 23.0. The molecule has 2 aromatic heterocycles. The molecule has 0 spiro atoms. The molecule has 246 valence electrons. The zero-order chi connectivity index (χ0) is 32.9. The average Bonchev–Trinajstić information content (AvgIpc) is 3.44. The smallest absolute Gasteiger partial charge is 0.303 e. The van der Waals surface area contributed by atoms with Crippen molar-refractivity contribution < 1.29 is 30.4 Å². The molecule has 1 saturated heterocycles. The molecular formula is C26H36F2N8O5S3Si. The predicted molar refractivity (Wildman–Crippen MR) is 170 cm³/mol. The monoisotopic (exact) mass is 702 g/mol. The minimum Gasteiger partial charge on any atom is -0.367 e. The molecule has 5 rings (SSSR count). The second-order valence-electron chi connectivity index (χ2n) is 12.5. The predicted octanol–water partition coefficient (Wildman–Crippen LogP) is 3.82. The van der Waals surface area contributed by atoms with E-state index >= 15 is 0 Å². The van der Waals surface area contributed by atoms with Gasteiger partial charge in [0.25, 0.3) is 16.4 Å². The number of piperazine rings is 1. The van der Waals surface area contributed by atoms with E-state index in [1.54, 1.807) is 7.05 Å². The van der Waals surface area contributed by atoms with Crippen molar-refractivity contribution >= 4 is 56.0 Å². The van der Waals surface area contributed by atoms with Gasteiger partial charge in [0.2, 0.25) is 10.0 Å². The summed E-state index contributed by atoms with van der Waals surface area (Å²) < 4.78 is 89.9. The fourth-order valence-corrected chi connectivity index (χ4v) is 9.14. The number of fused-ring (bicyclic) bond motifs is 1. The number of hydrogen-bond donors (Lipinski definition) is 0. The zero-order valence-electron chi connectivity index (χ0n) is 25.7. The van der Waals surface area contributed by atoms with Crippen molar-refractivity contribution in [2.75, 3.05) is 50.7 Å². The first-order valence-corrected chi connectivity index (χ1v) is 22.1. The summed E-state index contributed by atoms with van der Waals surface area (Å²) in [5, 5.41) is 12.0. The van der Waals surface area contributed by atoms with Gasteiger partial charge in [-0.05, 0) is 18.2 Å². The second kappa shape index (κ2) is 12.2. The maximum absolute atomic E-state index is 14.4. The topological polar surface area (TPSA) is 135 Å². The van der Waals surface area contributed by atoms with Crippen molar-refractivity contribution in [1.82, 2.24) is 28.6 Å². The molecule has 0 unspecified atom stereocenters. The first-order valence-electron chi connectivity index (χ1n) is 14.3. The van der Waals surface area contributed by atoms with Gasteiger partial charge in [-0.3, -0.25) is 9.53 Å². The SMILES string of the molecule is [C-]#[N+]C1(N(COCC[Si](C)(C)C)S(=O)(=O)c2cc(N3CCN(S(C)(=O)=O)CC3)c3c(c2)c(-c2nnc(C(F)F)s2)nn3C)CC1. The lowest BCUT2D eigenvalue weighted by Gasteiger charge is -2.35. The molecule has 2 aliphatic rings. The molecule has 3 aromatic rings. The van der Waals surface area contributed by atoms with Crippen LogP contribution in [0.4, 0.5) is 14.5 Å². The first-order chi connectivity index (χ1) is 21.0. The van der Waals surface area contributed by atoms with Crippen molar-refractivity contribution in [3.63, 3.8) is 0 Å². The highest BCUT2D eigenvalue weighted by Gasteiger charge is 2.61. The van der Waals surface area contributed by atoms with Gasteiger partial charge >= 0.3 is 5.66 Å². The van der Waals surface area contributed by atoms with Gasteiger partial charge in [0, 0.05) is 53.3 Å². The number of aryl methyl sites for hydroxylation is 1. The van der Waals surface area contributed by atoms with E-state index in [0.717, 1.165) is 16.6 Å². The maximum Gasteiger partial charge on any atom is 0.303 e. The Morgan fingerprint density at radius 3 is 2.33 bits per heavy atom. The summed E-state index contributed by atoms with van der Waals surface area (Å²) in [6.45, 7) is 15.4. The molecule has 2 fully saturated rings. The van der Waals surface area contributed by atoms with Gasteiger partial charge in [-0.2, -0.15) is 9.40 Å². The van der Waals surface area contributed by atoms with Gasteiger partial charge in [-0.25, -0.2) is 32.2 Å². The van der Waals surface area contributed by atoms with Crippen LogP contribution in [0.25, 0.3) is 26.4 Å². The Bertz CT molecular complexity index is 1840. The van der Waals surface area contributed by atoms with E-state index in [4.69, 9.17) is 11.3 Å². The van der Waals surface area contributed by atoms with E-state index < -0.39 is 45.2 Å². The number of alkyl halides is 2. The Kier molecular flexibility index (Phi) is 9.15. The van der Waals surface area contributed by atoms with Gasteiger partial charge in [0.05, 0.1) is 35.2 Å². The third kappa shape index (κ3) is 6.91. The Morgan fingerprint density at radius 2 is 1.80 bits per heavy atom. The number of benzene rings is 1. The highest BCUT2D eigenvalue weighted by Crippen LogP contribution is 2.47. The highest BCUT2D eigenvalue weighted by molar-refractivity contribution is 7.89. The third-order valence-electron chi connectivity index (χ3n) is 7.93. The standard InChI is InChI=1S/C26H36F2N8O5S3Si/c1-29-26(7-8-26)36(17-41-13-14-45(4,5)6)44(39,40)18-15-19-21(24-30-31-25(42-24)23(27)28)32-33(2)22(19)20(16-18)34-9-11-35(12-10-34)43(3,37)38/h15-16,23H,7-14,17H2,2-6H3. The molecule has 3 heterocycles. The first kappa shape index (κ1) is 33.8. The molecule has 0 radical (unpaired) electrons. The van der Waals surface area contributed by atoms with Crippen LogP contribution in [-0.2, 0) is 31.8 Å². The van der Waals surface area contributed by atoms with Crippen molar-refractivity contribution in [3.05, 3.63) is 28.6 Å². The lowest BCUT2D eigenvalue weighted by Crippen LogP contribution is -2.48. The molecule has 19 heteroatoms. The van der Waals surface area contributed by atoms with E-state index in [1.165, 1.54) is 21.1 Å². The molecule has 13 nitrogen and oxygen atoms in total. The lowest BCUT2D eigenvalue weighted by atomic mass is 10.1. The quantitative estimate of drug-likeness (QED) is 0.120. The van der Waals surface area contributed by atoms with E-state index in [1.807, 2.05) is 4.90 Å². The molecule has 45 heavy (non-hydrogen) atoms. The number of ether oxygens (including phenoxy) is 1. The molecule has 0 N–H and O–H groups in total. The highest BCUT2D eigenvalue weighted by atomic mass is 32.2. The molecule has 0 bridgehead atoms. The Hall–Kier alpha value is -2.60. The van der Waals surface area contributed by atoms with Gasteiger partial charge in [0.15, 0.2) is 10.0 Å². The number of sulfonamides is 2. The van der Waals surface area contributed by atoms with Crippen LogP contribution in [-0.4, -0.2) is 105 Å². The van der Waals surface area contributed by atoms with Crippen molar-refractivity contribution in [3.8, 4) is 10.7 Å². The van der Waals surface area contributed by atoms with Crippen molar-refractivity contribution in [1.29, 1.82) is 0 Å². The van der Waals surface area contributed by atoms with E-state index in [0.29, 0.717) is 47.4 Å². The molecule has 0 atom stereocenters. The van der Waals surface area contributed by atoms with Gasteiger partial charge in [0.1, 0.15) is 12.4 Å². The molecular weight excluding hydrogens is 667 g/mol. The Labute approximate surface area is 266 Å². The summed E-state index contributed by atoms with van der Waals surface area (Å²) in [5.74, 6) is 0. The summed E-state index contributed by atoms with van der Waals surface area (Å²) in [5.41, 5.74) is -0.0624. The van der Waals surface area contributed by atoms with Crippen LogP contribution in [0.15, 0.2) is 17.0 Å². The molecule has 1 aromatic carbocycles. The number of rotatable bonds is 12. The molecule has 1 saturated carbocycles. The summed E-state index contributed by atoms with van der Waals surface area (Å²) >= 11 is 0.668. The number of nitrogens with zero attached hydrogens (tertiary/aromatic N) is 8. The van der Waals surface area contributed by atoms with Crippen molar-refractivity contribution in [2.24, 2.45) is 7.05 Å². The minimum absolute atomic E-state index is 0.102. The van der Waals surface area contributed by atoms with Gasteiger partial charge < -0.3 is 9.64 Å². The molecule has 1 aliphatic heterocycles. The summed E-state index contributed by atoms with van der Waals surface area (Å²) in [4.78, 5) is 5.46. The van der Waals surface area contributed by atoms with E-state index in [2.05, 4.69) is 39.8 Å². The van der Waals surface area contributed by atoms with Crippen molar-refractivity contribution in [2.45, 2.75) is 55.5 Å². The normalized spacial score (nSPS) is 17.8. The third-order valence-corrected chi connectivity index (χ3v) is 13.7. The maximum atomic E-state index is 14.4. The Morgan fingerprint density at radius 1 is 1.13 bits per heavy atom. The lowest BCUT2D eigenvalue weighted by molar-refractivity contribution is 0.0642. The summed E-state index contributed by atoms with van der Waals surface area (Å²) in [7, 11) is -7.55. The largest absolute Gasteiger partial charge is 0.367 e. The molecule has 1 aliphatic carbocycles. The van der Waals surface area contributed by atoms with Crippen LogP contribution in [0.2, 0.25) is 25.7 Å². The summed E-state index contributed by atoms with van der Waals surface area (Å²) in [6, 6.07) is 3.77. The molecule has 0 amide bonds. The van der Waals surface area contributed by atoms with Gasteiger partial charge in [-0.15, -0.1) is 10.2 Å². The summed E-state index contributed by atoms with van der Waals surface area (Å²) in [6.07, 6.45) is -0.950. The van der Waals surface area contributed by atoms with E-state index in [9.17, 15) is 25.6 Å². The average molecular weight is 703 g/mol. The number of hydrogen-bond acceptors (Lipinski definition) is 10. The van der Waals surface area contributed by atoms with Crippen LogP contribution in [0.1, 0.15) is 24.3 Å². The van der Waals surface area contributed by atoms with Gasteiger partial charge in [-0.1, -0.05) is 35.3 Å². The van der Waals surface area contributed by atoms with E-state index in [-0.39, 0.29) is 48.5 Å². The van der Waals surface area contributed by atoms with Crippen LogP contribution >= 0.6 is 11.3 Å².